The molecule has 2 heterocycles. The molecule has 0 aromatic heterocycles. The lowest BCUT2D eigenvalue weighted by molar-refractivity contribution is -0.137. The van der Waals surface area contributed by atoms with Crippen molar-refractivity contribution in [1.29, 1.82) is 0 Å². The van der Waals surface area contributed by atoms with Crippen LogP contribution in [0.3, 0.4) is 0 Å². The van der Waals surface area contributed by atoms with Gasteiger partial charge in [0, 0.05) is 43.8 Å². The van der Waals surface area contributed by atoms with Gasteiger partial charge in [-0.2, -0.15) is 13.2 Å². The molecule has 12 heteroatoms. The van der Waals surface area contributed by atoms with Gasteiger partial charge in [-0.15, -0.1) is 0 Å². The van der Waals surface area contributed by atoms with Gasteiger partial charge < -0.3 is 10.6 Å². The zero-order chi connectivity index (χ0) is 26.8. The molecule has 0 aliphatic carbocycles. The highest BCUT2D eigenvalue weighted by Crippen LogP contribution is 2.47. The maximum Gasteiger partial charge on any atom is 0.416 e. The molecule has 4 atom stereocenters. The summed E-state index contributed by atoms with van der Waals surface area (Å²) in [6, 6.07) is 6.94. The van der Waals surface area contributed by atoms with Crippen molar-refractivity contribution in [2.24, 2.45) is 0 Å². The molecule has 0 saturated carbocycles. The Labute approximate surface area is 214 Å². The van der Waals surface area contributed by atoms with E-state index in [1.54, 1.807) is 6.92 Å². The van der Waals surface area contributed by atoms with Crippen LogP contribution >= 0.6 is 11.6 Å². The highest BCUT2D eigenvalue weighted by Gasteiger charge is 2.46. The van der Waals surface area contributed by atoms with Gasteiger partial charge in [0.05, 0.1) is 22.1 Å². The van der Waals surface area contributed by atoms with Crippen LogP contribution in [0.4, 0.5) is 27.6 Å². The van der Waals surface area contributed by atoms with Crippen molar-refractivity contribution in [1.82, 2.24) is 5.32 Å². The molecule has 0 bridgehead atoms. The van der Waals surface area contributed by atoms with Crippen LogP contribution in [0.1, 0.15) is 61.2 Å². The van der Waals surface area contributed by atoms with Crippen molar-refractivity contribution in [3.8, 4) is 0 Å². The highest BCUT2D eigenvalue weighted by atomic mass is 35.5. The van der Waals surface area contributed by atoms with Gasteiger partial charge in [-0.25, -0.2) is 8.78 Å². The smallest absolute Gasteiger partial charge is 0.341 e. The van der Waals surface area contributed by atoms with Crippen molar-refractivity contribution >= 4 is 39.9 Å². The number of carbonyl (C=O) groups excluding carboxylic acids is 2. The van der Waals surface area contributed by atoms with E-state index in [0.29, 0.717) is 17.7 Å². The molecular formula is C25H16ClF5N2O3S. The Morgan fingerprint density at radius 3 is 2.41 bits per heavy atom. The summed E-state index contributed by atoms with van der Waals surface area (Å²) >= 11 is 6.26. The molecule has 2 amide bonds. The van der Waals surface area contributed by atoms with Gasteiger partial charge in [0.25, 0.3) is 11.8 Å². The summed E-state index contributed by atoms with van der Waals surface area (Å²) in [5.41, 5.74) is -0.991. The van der Waals surface area contributed by atoms with E-state index in [1.165, 1.54) is 18.2 Å². The Hall–Kier alpha value is -3.31. The molecule has 2 aliphatic rings. The second-order valence-electron chi connectivity index (χ2n) is 8.74. The van der Waals surface area contributed by atoms with E-state index in [4.69, 9.17) is 11.6 Å². The van der Waals surface area contributed by atoms with Crippen molar-refractivity contribution < 1.29 is 35.8 Å². The van der Waals surface area contributed by atoms with E-state index >= 15 is 0 Å². The number of fused-ring (bicyclic) bond motifs is 1. The van der Waals surface area contributed by atoms with E-state index < -0.39 is 62.8 Å². The van der Waals surface area contributed by atoms with Crippen molar-refractivity contribution in [2.45, 2.75) is 29.6 Å². The SMILES string of the molecule is C[C@@H]1[C@H](c2cc(NC(=O)c3cc(F)cc(C(F)(F)F)c3)c3c(c2)C(=O)NC3c2cc(F)ccc2Cl)S1=O. The summed E-state index contributed by atoms with van der Waals surface area (Å²) < 4.78 is 79.7. The van der Waals surface area contributed by atoms with Gasteiger partial charge in [0.2, 0.25) is 0 Å². The third-order valence-corrected chi connectivity index (χ3v) is 8.53. The summed E-state index contributed by atoms with van der Waals surface area (Å²) in [4.78, 5) is 25.9. The van der Waals surface area contributed by atoms with E-state index in [2.05, 4.69) is 10.6 Å². The molecule has 1 saturated heterocycles. The van der Waals surface area contributed by atoms with Crippen LogP contribution < -0.4 is 10.6 Å². The number of rotatable bonds is 4. The van der Waals surface area contributed by atoms with Crippen LogP contribution in [-0.4, -0.2) is 21.3 Å². The summed E-state index contributed by atoms with van der Waals surface area (Å²) in [6.07, 6.45) is -4.89. The van der Waals surface area contributed by atoms with Crippen LogP contribution in [0.15, 0.2) is 48.5 Å². The fourth-order valence-electron chi connectivity index (χ4n) is 4.47. The number of carbonyl (C=O) groups is 2. The molecule has 1 fully saturated rings. The van der Waals surface area contributed by atoms with E-state index in [1.807, 2.05) is 0 Å². The van der Waals surface area contributed by atoms with Crippen LogP contribution in [0.5, 0.6) is 0 Å². The number of amides is 2. The Kier molecular flexibility index (Phi) is 6.11. The van der Waals surface area contributed by atoms with Gasteiger partial charge in [-0.05, 0) is 61.0 Å². The second kappa shape index (κ2) is 8.91. The molecule has 2 unspecified atom stereocenters. The molecule has 3 aromatic rings. The molecule has 5 nitrogen and oxygen atoms in total. The standard InChI is InChI=1S/C25H16ClF5N2O3S/c1-10-22(37(10)36)11-6-17-20(21(33-24(17)35)16-9-14(27)2-3-18(16)26)19(7-11)32-23(34)12-4-13(25(29,30)31)8-15(28)5-12/h2-10,21-22H,1H3,(H,32,34)(H,33,35)/t10-,21?,22-,37?/m1/s1. The first kappa shape index (κ1) is 25.3. The number of hydrogen-bond donors (Lipinski definition) is 2. The number of benzene rings is 3. The lowest BCUT2D eigenvalue weighted by Crippen LogP contribution is -2.21. The molecule has 192 valence electrons. The van der Waals surface area contributed by atoms with Crippen LogP contribution in [0.25, 0.3) is 0 Å². The first-order valence-corrected chi connectivity index (χ1v) is 12.5. The molecule has 2 N–H and O–H groups in total. The fourth-order valence-corrected chi connectivity index (χ4v) is 5.98. The zero-order valence-electron chi connectivity index (χ0n) is 18.8. The predicted molar refractivity (Wildman–Crippen MR) is 127 cm³/mol. The summed E-state index contributed by atoms with van der Waals surface area (Å²) in [6.45, 7) is 1.74. The Morgan fingerprint density at radius 1 is 1.05 bits per heavy atom. The molecule has 2 aliphatic heterocycles. The van der Waals surface area contributed by atoms with Crippen molar-refractivity contribution in [2.75, 3.05) is 5.32 Å². The van der Waals surface area contributed by atoms with Crippen LogP contribution in [0.2, 0.25) is 5.02 Å². The summed E-state index contributed by atoms with van der Waals surface area (Å²) in [5, 5.41) is 4.64. The van der Waals surface area contributed by atoms with Crippen LogP contribution in [-0.2, 0) is 17.0 Å². The lowest BCUT2D eigenvalue weighted by atomic mass is 9.93. The van der Waals surface area contributed by atoms with Crippen molar-refractivity contribution in [3.63, 3.8) is 0 Å². The monoisotopic (exact) mass is 554 g/mol. The topological polar surface area (TPSA) is 75.3 Å². The lowest BCUT2D eigenvalue weighted by Gasteiger charge is -2.19. The normalized spacial score (nSPS) is 22.4. The molecular weight excluding hydrogens is 539 g/mol. The van der Waals surface area contributed by atoms with Gasteiger partial charge in [-0.3, -0.25) is 13.8 Å². The van der Waals surface area contributed by atoms with E-state index in [9.17, 15) is 35.8 Å². The quantitative estimate of drug-likeness (QED) is 0.311. The molecule has 0 spiro atoms. The Balaban J connectivity index is 1.63. The average Bonchev–Trinajstić information content (AvgIpc) is 3.27. The maximum atomic E-state index is 14.0. The number of anilines is 1. The van der Waals surface area contributed by atoms with Gasteiger partial charge in [0.1, 0.15) is 11.6 Å². The number of halogens is 6. The van der Waals surface area contributed by atoms with E-state index in [-0.39, 0.29) is 38.7 Å². The number of alkyl halides is 3. The van der Waals surface area contributed by atoms with Crippen LogP contribution in [0, 0.1) is 11.6 Å². The molecule has 0 radical (unpaired) electrons. The summed E-state index contributed by atoms with van der Waals surface area (Å²) in [7, 11) is -1.22. The minimum absolute atomic E-state index is 0.00935. The highest BCUT2D eigenvalue weighted by molar-refractivity contribution is 7.93. The number of nitrogens with one attached hydrogen (secondary N) is 2. The largest absolute Gasteiger partial charge is 0.416 e. The molecule has 37 heavy (non-hydrogen) atoms. The average molecular weight is 555 g/mol. The first-order chi connectivity index (χ1) is 17.3. The first-order valence-electron chi connectivity index (χ1n) is 10.9. The zero-order valence-corrected chi connectivity index (χ0v) is 20.3. The predicted octanol–water partition coefficient (Wildman–Crippen LogP) is 5.91. The Bertz CT molecular complexity index is 1510. The Morgan fingerprint density at radius 2 is 1.76 bits per heavy atom. The minimum atomic E-state index is -4.89. The minimum Gasteiger partial charge on any atom is -0.341 e. The van der Waals surface area contributed by atoms with Crippen molar-refractivity contribution in [3.05, 3.63) is 98.6 Å². The second-order valence-corrected chi connectivity index (χ2v) is 11.1. The number of hydrogen-bond acceptors (Lipinski definition) is 3. The summed E-state index contributed by atoms with van der Waals surface area (Å²) in [5.74, 6) is -3.53. The van der Waals surface area contributed by atoms with Gasteiger partial charge in [-0.1, -0.05) is 11.6 Å². The third-order valence-electron chi connectivity index (χ3n) is 6.31. The van der Waals surface area contributed by atoms with Gasteiger partial charge >= 0.3 is 6.18 Å². The molecule has 3 aromatic carbocycles. The van der Waals surface area contributed by atoms with Gasteiger partial charge in [0.15, 0.2) is 0 Å². The third kappa shape index (κ3) is 4.61. The molecule has 5 rings (SSSR count). The van der Waals surface area contributed by atoms with E-state index in [0.717, 1.165) is 12.1 Å². The fraction of sp³-hybridized carbons (Fsp3) is 0.200. The maximum absolute atomic E-state index is 14.0.